The molecule has 3 saturated carbocycles. The van der Waals surface area contributed by atoms with Gasteiger partial charge in [-0.15, -0.1) is 0 Å². The van der Waals surface area contributed by atoms with Gasteiger partial charge in [0, 0.05) is 6.42 Å². The smallest absolute Gasteiger partial charge is 0.408 e. The van der Waals surface area contributed by atoms with Gasteiger partial charge in [0.1, 0.15) is 12.1 Å². The quantitative estimate of drug-likeness (QED) is 0.168. The summed E-state index contributed by atoms with van der Waals surface area (Å²) >= 11 is 0. The summed E-state index contributed by atoms with van der Waals surface area (Å²) in [6.45, 7) is 12.9. The summed E-state index contributed by atoms with van der Waals surface area (Å²) in [5.41, 5.74) is 7.70. The SMILES string of the molecule is CC(C)CCC[C@@H](C)[C@H]1CCC2C3CC=C4C[C@@H](OC(=O)N[C@@H](CCCCN)C(=O)O)CC[C@]4(C)C3CC[C@@]21C. The molecule has 40 heavy (non-hydrogen) atoms. The molecule has 3 fully saturated rings. The predicted molar refractivity (Wildman–Crippen MR) is 161 cm³/mol. The third kappa shape index (κ3) is 6.57. The van der Waals surface area contributed by atoms with E-state index in [0.717, 1.165) is 61.2 Å². The van der Waals surface area contributed by atoms with Crippen LogP contribution in [0.2, 0.25) is 0 Å². The van der Waals surface area contributed by atoms with E-state index in [-0.39, 0.29) is 11.5 Å². The van der Waals surface area contributed by atoms with E-state index < -0.39 is 18.1 Å². The Labute approximate surface area is 243 Å². The first-order valence-electron chi connectivity index (χ1n) is 16.6. The number of fused-ring (bicyclic) bond motifs is 5. The number of ether oxygens (including phenoxy) is 1. The molecule has 4 N–H and O–H groups in total. The highest BCUT2D eigenvalue weighted by Crippen LogP contribution is 2.67. The maximum Gasteiger partial charge on any atom is 0.408 e. The summed E-state index contributed by atoms with van der Waals surface area (Å²) in [5.74, 6) is 3.84. The third-order valence-corrected chi connectivity index (χ3v) is 12.1. The van der Waals surface area contributed by atoms with E-state index in [9.17, 15) is 14.7 Å². The van der Waals surface area contributed by atoms with Crippen LogP contribution in [-0.2, 0) is 9.53 Å². The van der Waals surface area contributed by atoms with Gasteiger partial charge in [0.25, 0.3) is 0 Å². The van der Waals surface area contributed by atoms with Gasteiger partial charge in [-0.25, -0.2) is 9.59 Å². The van der Waals surface area contributed by atoms with Crippen molar-refractivity contribution in [2.75, 3.05) is 6.54 Å². The fraction of sp³-hybridized carbons (Fsp3) is 0.882. The van der Waals surface area contributed by atoms with Crippen LogP contribution in [0.15, 0.2) is 11.6 Å². The molecule has 4 rings (SSSR count). The molecule has 3 unspecified atom stereocenters. The van der Waals surface area contributed by atoms with Crippen LogP contribution in [0.1, 0.15) is 125 Å². The second-order valence-electron chi connectivity index (χ2n) is 14.9. The highest BCUT2D eigenvalue weighted by Gasteiger charge is 2.59. The number of carbonyl (C=O) groups is 2. The molecule has 9 atom stereocenters. The zero-order valence-corrected chi connectivity index (χ0v) is 26.1. The number of carbonyl (C=O) groups excluding carboxylic acids is 1. The molecule has 0 saturated heterocycles. The molecule has 0 spiro atoms. The van der Waals surface area contributed by atoms with Crippen LogP contribution in [0.4, 0.5) is 4.79 Å². The summed E-state index contributed by atoms with van der Waals surface area (Å²) < 4.78 is 5.80. The molecule has 0 aliphatic heterocycles. The summed E-state index contributed by atoms with van der Waals surface area (Å²) in [5, 5.41) is 12.1. The second-order valence-corrected chi connectivity index (χ2v) is 14.9. The van der Waals surface area contributed by atoms with Crippen molar-refractivity contribution >= 4 is 12.1 Å². The molecule has 1 amide bonds. The lowest BCUT2D eigenvalue weighted by Crippen LogP contribution is -2.51. The van der Waals surface area contributed by atoms with Gasteiger partial charge in [0.05, 0.1) is 0 Å². The second kappa shape index (κ2) is 13.2. The monoisotopic (exact) mass is 558 g/mol. The maximum atomic E-state index is 12.6. The first-order chi connectivity index (χ1) is 19.0. The number of carboxylic acids is 1. The Kier molecular flexibility index (Phi) is 10.3. The van der Waals surface area contributed by atoms with E-state index in [0.29, 0.717) is 24.8 Å². The van der Waals surface area contributed by atoms with Gasteiger partial charge in [-0.05, 0) is 117 Å². The number of unbranched alkanes of at least 4 members (excludes halogenated alkanes) is 1. The Bertz CT molecular complexity index is 918. The Morgan fingerprint density at radius 2 is 1.80 bits per heavy atom. The van der Waals surface area contributed by atoms with Crippen LogP contribution >= 0.6 is 0 Å². The molecule has 4 aliphatic carbocycles. The van der Waals surface area contributed by atoms with Crippen LogP contribution in [0.3, 0.4) is 0 Å². The number of nitrogens with one attached hydrogen (secondary N) is 1. The van der Waals surface area contributed by atoms with Crippen molar-refractivity contribution in [3.8, 4) is 0 Å². The van der Waals surface area contributed by atoms with Gasteiger partial charge in [-0.2, -0.15) is 0 Å². The highest BCUT2D eigenvalue weighted by atomic mass is 16.6. The van der Waals surface area contributed by atoms with Crippen LogP contribution in [-0.4, -0.2) is 35.9 Å². The van der Waals surface area contributed by atoms with E-state index in [2.05, 4.69) is 46.0 Å². The van der Waals surface area contributed by atoms with E-state index in [1.165, 1.54) is 56.9 Å². The molecule has 228 valence electrons. The zero-order valence-electron chi connectivity index (χ0n) is 26.1. The molecular formula is C34H58N2O4. The van der Waals surface area contributed by atoms with Crippen molar-refractivity contribution in [1.29, 1.82) is 0 Å². The average molecular weight is 559 g/mol. The number of hydrogen-bond acceptors (Lipinski definition) is 4. The number of carboxylic acid groups (broad SMARTS) is 1. The third-order valence-electron chi connectivity index (χ3n) is 12.1. The van der Waals surface area contributed by atoms with Gasteiger partial charge >= 0.3 is 12.1 Å². The maximum absolute atomic E-state index is 12.6. The van der Waals surface area contributed by atoms with Crippen molar-refractivity contribution in [1.82, 2.24) is 5.32 Å². The number of rotatable bonds is 12. The number of allylic oxidation sites excluding steroid dienone is 1. The van der Waals surface area contributed by atoms with Crippen molar-refractivity contribution in [3.63, 3.8) is 0 Å². The van der Waals surface area contributed by atoms with Crippen molar-refractivity contribution < 1.29 is 19.4 Å². The molecule has 0 heterocycles. The fourth-order valence-electron chi connectivity index (χ4n) is 9.83. The van der Waals surface area contributed by atoms with Crippen molar-refractivity contribution in [2.45, 2.75) is 137 Å². The average Bonchev–Trinajstić information content (AvgIpc) is 3.25. The Morgan fingerprint density at radius 3 is 2.50 bits per heavy atom. The summed E-state index contributed by atoms with van der Waals surface area (Å²) in [6, 6.07) is -0.924. The molecule has 4 aliphatic rings. The van der Waals surface area contributed by atoms with E-state index in [4.69, 9.17) is 10.5 Å². The lowest BCUT2D eigenvalue weighted by atomic mass is 9.47. The van der Waals surface area contributed by atoms with E-state index in [1.54, 1.807) is 0 Å². The van der Waals surface area contributed by atoms with Crippen LogP contribution in [0, 0.1) is 46.3 Å². The van der Waals surface area contributed by atoms with E-state index in [1.807, 2.05) is 0 Å². The normalized spacial score (nSPS) is 36.6. The molecule has 6 heteroatoms. The van der Waals surface area contributed by atoms with Crippen LogP contribution < -0.4 is 11.1 Å². The lowest BCUT2D eigenvalue weighted by molar-refractivity contribution is -0.139. The molecule has 6 nitrogen and oxygen atoms in total. The van der Waals surface area contributed by atoms with E-state index >= 15 is 0 Å². The summed E-state index contributed by atoms with van der Waals surface area (Å²) in [7, 11) is 0. The standard InChI is InChI=1S/C34H58N2O4/c1-22(2)9-8-10-23(3)27-14-15-28-26-13-12-24-21-25(16-18-33(24,4)29(26)17-19-34(27,28)5)40-32(39)36-30(31(37)38)11-6-7-20-35/h12,22-23,25-30H,6-11,13-21,35H2,1-5H3,(H,36,39)(H,37,38)/t23-,25+,26?,27-,28?,29?,30+,33+,34-/m1/s1. The van der Waals surface area contributed by atoms with Gasteiger partial charge in [-0.1, -0.05) is 65.5 Å². The Hall–Kier alpha value is -1.56. The Balaban J connectivity index is 1.36. The molecule has 0 aromatic rings. The lowest BCUT2D eigenvalue weighted by Gasteiger charge is -2.58. The molecule has 0 radical (unpaired) electrons. The summed E-state index contributed by atoms with van der Waals surface area (Å²) in [6.07, 6.45) is 17.0. The molecule has 0 aromatic heterocycles. The van der Waals surface area contributed by atoms with Gasteiger partial charge in [-0.3, -0.25) is 0 Å². The van der Waals surface area contributed by atoms with Gasteiger partial charge in [0.15, 0.2) is 0 Å². The molecule has 0 aromatic carbocycles. The number of aliphatic carboxylic acids is 1. The fourth-order valence-corrected chi connectivity index (χ4v) is 9.83. The predicted octanol–water partition coefficient (Wildman–Crippen LogP) is 7.70. The Morgan fingerprint density at radius 1 is 1.02 bits per heavy atom. The van der Waals surface area contributed by atoms with Gasteiger partial charge < -0.3 is 20.9 Å². The minimum absolute atomic E-state index is 0.175. The first kappa shape index (κ1) is 31.4. The highest BCUT2D eigenvalue weighted by molar-refractivity contribution is 5.79. The number of nitrogens with two attached hydrogens (primary N) is 1. The topological polar surface area (TPSA) is 102 Å². The number of hydrogen-bond donors (Lipinski definition) is 3. The van der Waals surface area contributed by atoms with Gasteiger partial charge in [0.2, 0.25) is 0 Å². The molecule has 0 bridgehead atoms. The van der Waals surface area contributed by atoms with Crippen LogP contribution in [0.5, 0.6) is 0 Å². The zero-order chi connectivity index (χ0) is 29.1. The minimum Gasteiger partial charge on any atom is -0.480 e. The number of amides is 1. The first-order valence-corrected chi connectivity index (χ1v) is 16.6. The van der Waals surface area contributed by atoms with Crippen molar-refractivity contribution in [3.05, 3.63) is 11.6 Å². The minimum atomic E-state index is -1.02. The largest absolute Gasteiger partial charge is 0.480 e. The van der Waals surface area contributed by atoms with Crippen molar-refractivity contribution in [2.24, 2.45) is 52.1 Å². The van der Waals surface area contributed by atoms with Crippen LogP contribution in [0.25, 0.3) is 0 Å². The summed E-state index contributed by atoms with van der Waals surface area (Å²) in [4.78, 5) is 24.2. The molecular weight excluding hydrogens is 500 g/mol. The number of alkyl carbamates (subject to hydrolysis) is 1.